The van der Waals surface area contributed by atoms with E-state index < -0.39 is 6.10 Å². The molecule has 6 nitrogen and oxygen atoms in total. The van der Waals surface area contributed by atoms with E-state index in [4.69, 9.17) is 14.2 Å². The zero-order valence-electron chi connectivity index (χ0n) is 46.1. The molecule has 0 bridgehead atoms. The molecule has 0 saturated carbocycles. The van der Waals surface area contributed by atoms with Crippen molar-refractivity contribution in [2.24, 2.45) is 0 Å². The van der Waals surface area contributed by atoms with Gasteiger partial charge < -0.3 is 14.2 Å². The van der Waals surface area contributed by atoms with Crippen LogP contribution in [-0.4, -0.2) is 37.2 Å². The Bertz CT molecular complexity index is 1200. The Balaban J connectivity index is 4.34. The number of rotatable bonds is 55. The summed E-state index contributed by atoms with van der Waals surface area (Å²) >= 11 is 0. The molecule has 69 heavy (non-hydrogen) atoms. The highest BCUT2D eigenvalue weighted by atomic mass is 16.6. The van der Waals surface area contributed by atoms with Crippen molar-refractivity contribution in [1.29, 1.82) is 0 Å². The number of carbonyl (C=O) groups is 3. The summed E-state index contributed by atoms with van der Waals surface area (Å²) in [5.74, 6) is -0.864. The molecule has 0 spiro atoms. The van der Waals surface area contributed by atoms with E-state index in [1.165, 1.54) is 205 Å². The van der Waals surface area contributed by atoms with E-state index in [0.29, 0.717) is 19.3 Å². The molecule has 1 atom stereocenters. The van der Waals surface area contributed by atoms with Crippen molar-refractivity contribution in [3.8, 4) is 0 Å². The maximum atomic E-state index is 12.9. The van der Waals surface area contributed by atoms with Gasteiger partial charge in [0.15, 0.2) is 6.10 Å². The van der Waals surface area contributed by atoms with Crippen LogP contribution in [-0.2, 0) is 28.6 Å². The lowest BCUT2D eigenvalue weighted by molar-refractivity contribution is -0.167. The fourth-order valence-electron chi connectivity index (χ4n) is 8.74. The lowest BCUT2D eigenvalue weighted by Crippen LogP contribution is -2.30. The van der Waals surface area contributed by atoms with Gasteiger partial charge >= 0.3 is 17.9 Å². The third-order valence-corrected chi connectivity index (χ3v) is 13.3. The van der Waals surface area contributed by atoms with Crippen molar-refractivity contribution in [3.05, 3.63) is 48.6 Å². The summed E-state index contributed by atoms with van der Waals surface area (Å²) in [6.07, 6.45) is 71.0. The molecule has 0 radical (unpaired) electrons. The number of hydrogen-bond donors (Lipinski definition) is 0. The minimum absolute atomic E-state index is 0.0727. The maximum Gasteiger partial charge on any atom is 0.306 e. The molecular formula is C63H114O6. The first kappa shape index (κ1) is 66.4. The molecule has 0 amide bonds. The van der Waals surface area contributed by atoms with Gasteiger partial charge in [-0.2, -0.15) is 0 Å². The first-order valence-corrected chi connectivity index (χ1v) is 30.1. The van der Waals surface area contributed by atoms with Gasteiger partial charge in [0.1, 0.15) is 13.2 Å². The Kier molecular flexibility index (Phi) is 55.7. The van der Waals surface area contributed by atoms with E-state index in [1.54, 1.807) is 0 Å². The Morgan fingerprint density at radius 2 is 0.522 bits per heavy atom. The van der Waals surface area contributed by atoms with Crippen molar-refractivity contribution in [3.63, 3.8) is 0 Å². The summed E-state index contributed by atoms with van der Waals surface area (Å²) < 4.78 is 16.9. The van der Waals surface area contributed by atoms with E-state index >= 15 is 0 Å². The fraction of sp³-hybridized carbons (Fsp3) is 0.825. The second kappa shape index (κ2) is 57.9. The second-order valence-electron chi connectivity index (χ2n) is 20.3. The lowest BCUT2D eigenvalue weighted by Gasteiger charge is -2.18. The molecule has 0 heterocycles. The Hall–Kier alpha value is -2.63. The first-order chi connectivity index (χ1) is 34.0. The first-order valence-electron chi connectivity index (χ1n) is 30.1. The summed E-state index contributed by atoms with van der Waals surface area (Å²) in [5.41, 5.74) is 0. The largest absolute Gasteiger partial charge is 0.462 e. The third-order valence-electron chi connectivity index (χ3n) is 13.3. The van der Waals surface area contributed by atoms with Crippen LogP contribution in [0.15, 0.2) is 48.6 Å². The molecular weight excluding hydrogens is 853 g/mol. The molecule has 402 valence electrons. The number of ether oxygens (including phenoxy) is 3. The summed E-state index contributed by atoms with van der Waals surface area (Å²) in [6, 6.07) is 0. The van der Waals surface area contributed by atoms with Crippen LogP contribution < -0.4 is 0 Å². The van der Waals surface area contributed by atoms with Crippen LogP contribution in [0.4, 0.5) is 0 Å². The molecule has 0 aliphatic rings. The fourth-order valence-corrected chi connectivity index (χ4v) is 8.74. The van der Waals surface area contributed by atoms with E-state index in [0.717, 1.165) is 70.6 Å². The molecule has 0 fully saturated rings. The molecule has 0 rings (SSSR count). The monoisotopic (exact) mass is 967 g/mol. The Labute approximate surface area is 428 Å². The molecule has 0 aromatic heterocycles. The van der Waals surface area contributed by atoms with Crippen molar-refractivity contribution in [2.75, 3.05) is 13.2 Å². The van der Waals surface area contributed by atoms with Gasteiger partial charge in [-0.3, -0.25) is 14.4 Å². The van der Waals surface area contributed by atoms with Crippen LogP contribution in [0.25, 0.3) is 0 Å². The van der Waals surface area contributed by atoms with Crippen molar-refractivity contribution in [2.45, 2.75) is 322 Å². The predicted octanol–water partition coefficient (Wildman–Crippen LogP) is 20.2. The van der Waals surface area contributed by atoms with Gasteiger partial charge in [0, 0.05) is 19.3 Å². The van der Waals surface area contributed by atoms with Crippen molar-refractivity contribution in [1.82, 2.24) is 0 Å². The smallest absolute Gasteiger partial charge is 0.306 e. The quantitative estimate of drug-likeness (QED) is 0.0262. The zero-order chi connectivity index (χ0) is 50.0. The molecule has 0 aromatic rings. The van der Waals surface area contributed by atoms with Gasteiger partial charge in [0.2, 0.25) is 0 Å². The third kappa shape index (κ3) is 56.2. The van der Waals surface area contributed by atoms with Crippen LogP contribution in [0.2, 0.25) is 0 Å². The van der Waals surface area contributed by atoms with Gasteiger partial charge in [0.25, 0.3) is 0 Å². The second-order valence-corrected chi connectivity index (χ2v) is 20.3. The highest BCUT2D eigenvalue weighted by Gasteiger charge is 2.19. The highest BCUT2D eigenvalue weighted by Crippen LogP contribution is 2.16. The number of hydrogen-bond acceptors (Lipinski definition) is 6. The van der Waals surface area contributed by atoms with Gasteiger partial charge in [-0.15, -0.1) is 0 Å². The number of allylic oxidation sites excluding steroid dienone is 8. The predicted molar refractivity (Wildman–Crippen MR) is 298 cm³/mol. The maximum absolute atomic E-state index is 12.9. The highest BCUT2D eigenvalue weighted by molar-refractivity contribution is 5.71. The van der Waals surface area contributed by atoms with E-state index in [9.17, 15) is 14.4 Å². The summed E-state index contributed by atoms with van der Waals surface area (Å²) in [6.45, 7) is 6.62. The molecule has 0 aliphatic heterocycles. The SMILES string of the molecule is CCCCC/C=C\C/C=C\CCCCCCCCCCCC(=O)OCC(COC(=O)CCCCCCCCCCCCCCC)OC(=O)CCCCCCCCCCC/C=C\C/C=C\CCCCC. The normalized spacial score (nSPS) is 12.3. The Morgan fingerprint density at radius 3 is 0.826 bits per heavy atom. The molecule has 0 aliphatic carbocycles. The minimum Gasteiger partial charge on any atom is -0.462 e. The standard InChI is InChI=1S/C63H114O6/c1-4-7-10-13-16-19-22-25-27-29-31-33-35-38-41-44-47-50-53-56-62(65)68-59-60(58-67-61(64)55-52-49-46-43-40-37-24-21-18-15-12-9-6-3)69-63(66)57-54-51-48-45-42-39-36-34-32-30-28-26-23-20-17-14-11-8-5-2/h16-17,19-20,25-28,60H,4-15,18,21-24,29-59H2,1-3H3/b19-16-,20-17-,27-25-,28-26-. The van der Waals surface area contributed by atoms with Crippen LogP contribution in [0.5, 0.6) is 0 Å². The van der Waals surface area contributed by atoms with E-state index in [1.807, 2.05) is 0 Å². The average Bonchev–Trinajstić information content (AvgIpc) is 3.35. The molecule has 6 heteroatoms. The number of unbranched alkanes of at least 4 members (excludes halogenated alkanes) is 36. The molecule has 0 aromatic carbocycles. The van der Waals surface area contributed by atoms with Gasteiger partial charge in [0.05, 0.1) is 0 Å². The number of carbonyl (C=O) groups excluding carboxylic acids is 3. The lowest BCUT2D eigenvalue weighted by atomic mass is 10.0. The average molecular weight is 968 g/mol. The van der Waals surface area contributed by atoms with Crippen LogP contribution in [0.3, 0.4) is 0 Å². The Morgan fingerprint density at radius 1 is 0.290 bits per heavy atom. The molecule has 0 N–H and O–H groups in total. The molecule has 1 unspecified atom stereocenters. The van der Waals surface area contributed by atoms with Gasteiger partial charge in [-0.05, 0) is 83.5 Å². The van der Waals surface area contributed by atoms with Crippen LogP contribution >= 0.6 is 0 Å². The van der Waals surface area contributed by atoms with E-state index in [-0.39, 0.29) is 31.1 Å². The molecule has 0 saturated heterocycles. The summed E-state index contributed by atoms with van der Waals surface area (Å²) in [4.78, 5) is 38.2. The van der Waals surface area contributed by atoms with Crippen molar-refractivity contribution < 1.29 is 28.6 Å². The van der Waals surface area contributed by atoms with E-state index in [2.05, 4.69) is 69.4 Å². The van der Waals surface area contributed by atoms with Crippen LogP contribution in [0.1, 0.15) is 316 Å². The number of esters is 3. The van der Waals surface area contributed by atoms with Crippen LogP contribution in [0, 0.1) is 0 Å². The van der Waals surface area contributed by atoms with Gasteiger partial charge in [-0.1, -0.05) is 262 Å². The van der Waals surface area contributed by atoms with Crippen molar-refractivity contribution >= 4 is 17.9 Å². The topological polar surface area (TPSA) is 78.9 Å². The minimum atomic E-state index is -0.775. The summed E-state index contributed by atoms with van der Waals surface area (Å²) in [7, 11) is 0. The summed E-state index contributed by atoms with van der Waals surface area (Å²) in [5, 5.41) is 0. The van der Waals surface area contributed by atoms with Gasteiger partial charge in [-0.25, -0.2) is 0 Å². The zero-order valence-corrected chi connectivity index (χ0v) is 46.1.